The van der Waals surface area contributed by atoms with E-state index in [0.717, 1.165) is 29.7 Å². The number of nitrogens with one attached hydrogen (secondary N) is 1. The molecular formula is C15H19N3O2S. The summed E-state index contributed by atoms with van der Waals surface area (Å²) in [5.41, 5.74) is 1.78. The van der Waals surface area contributed by atoms with Gasteiger partial charge in [-0.2, -0.15) is 0 Å². The van der Waals surface area contributed by atoms with Gasteiger partial charge in [-0.25, -0.2) is 0 Å². The number of aromatic amines is 1. The highest BCUT2D eigenvalue weighted by atomic mass is 32.1. The zero-order valence-corrected chi connectivity index (χ0v) is 13.2. The molecule has 1 aromatic heterocycles. The largest absolute Gasteiger partial charge is 0.489 e. The molecule has 0 radical (unpaired) electrons. The molecule has 1 aliphatic rings. The van der Waals surface area contributed by atoms with Crippen LogP contribution in [0.15, 0.2) is 18.2 Å². The van der Waals surface area contributed by atoms with Gasteiger partial charge < -0.3 is 19.2 Å². The Balaban J connectivity index is 2.14. The molecule has 1 unspecified atom stereocenters. The molecule has 2 heterocycles. The fraction of sp³-hybridized carbons (Fsp3) is 0.467. The summed E-state index contributed by atoms with van der Waals surface area (Å²) in [5, 5.41) is 0. The van der Waals surface area contributed by atoms with Gasteiger partial charge in [0, 0.05) is 13.6 Å². The van der Waals surface area contributed by atoms with Crippen LogP contribution in [-0.2, 0) is 4.79 Å². The lowest BCUT2D eigenvalue weighted by molar-refractivity contribution is -0.129. The van der Waals surface area contributed by atoms with Crippen molar-refractivity contribution < 1.29 is 9.53 Å². The summed E-state index contributed by atoms with van der Waals surface area (Å²) in [6.07, 6.45) is 0.867. The van der Waals surface area contributed by atoms with Crippen LogP contribution >= 0.6 is 12.2 Å². The molecule has 5 nitrogen and oxygen atoms in total. The average Bonchev–Trinajstić information content (AvgIpc) is 2.91. The third-order valence-corrected chi connectivity index (χ3v) is 4.09. The van der Waals surface area contributed by atoms with Crippen molar-refractivity contribution in [3.8, 4) is 5.75 Å². The molecule has 1 atom stereocenters. The van der Waals surface area contributed by atoms with Gasteiger partial charge in [0.25, 0.3) is 0 Å². The summed E-state index contributed by atoms with van der Waals surface area (Å²) < 4.78 is 8.31. The average molecular weight is 305 g/mol. The van der Waals surface area contributed by atoms with Crippen molar-refractivity contribution in [3.63, 3.8) is 0 Å². The van der Waals surface area contributed by atoms with E-state index in [1.54, 1.807) is 4.90 Å². The van der Waals surface area contributed by atoms with Gasteiger partial charge in [0.1, 0.15) is 17.3 Å². The van der Waals surface area contributed by atoms with Crippen molar-refractivity contribution in [1.82, 2.24) is 14.5 Å². The van der Waals surface area contributed by atoms with Gasteiger partial charge in [-0.1, -0.05) is 6.07 Å². The van der Waals surface area contributed by atoms with Gasteiger partial charge in [0.2, 0.25) is 5.91 Å². The number of H-pyrrole nitrogens is 1. The third kappa shape index (κ3) is 2.33. The lowest BCUT2D eigenvalue weighted by Crippen LogP contribution is -2.24. The van der Waals surface area contributed by atoms with Crippen LogP contribution in [0, 0.1) is 4.77 Å². The number of likely N-dealkylation sites (N-methyl/N-ethyl adjacent to an activating group) is 1. The van der Waals surface area contributed by atoms with E-state index in [0.29, 0.717) is 4.77 Å². The minimum absolute atomic E-state index is 0.0835. The van der Waals surface area contributed by atoms with Crippen molar-refractivity contribution >= 4 is 29.2 Å². The molecule has 1 N–H and O–H groups in total. The number of carbonyl (C=O) groups excluding carboxylic acids is 1. The molecule has 21 heavy (non-hydrogen) atoms. The van der Waals surface area contributed by atoms with E-state index in [1.807, 2.05) is 43.7 Å². The highest BCUT2D eigenvalue weighted by Crippen LogP contribution is 2.31. The summed E-state index contributed by atoms with van der Waals surface area (Å²) in [4.78, 5) is 17.2. The second kappa shape index (κ2) is 5.18. The zero-order chi connectivity index (χ0) is 15.1. The molecule has 1 saturated heterocycles. The summed E-state index contributed by atoms with van der Waals surface area (Å²) in [6.45, 7) is 4.74. The summed E-state index contributed by atoms with van der Waals surface area (Å²) in [5.74, 6) is 0.883. The minimum atomic E-state index is -0.217. The molecular weight excluding hydrogens is 286 g/mol. The standard InChI is InChI=1S/C15H19N3O2S/c1-9(2)20-12-6-4-5-10-13(12)16-15(21)18(10)11-7-8-17(3)14(11)19/h4-6,9,11H,7-8H2,1-3H3,(H,16,21). The number of benzene rings is 1. The van der Waals surface area contributed by atoms with Crippen LogP contribution in [-0.4, -0.2) is 40.1 Å². The van der Waals surface area contributed by atoms with Crippen LogP contribution in [0.25, 0.3) is 11.0 Å². The van der Waals surface area contributed by atoms with Crippen LogP contribution in [0.5, 0.6) is 5.75 Å². The Morgan fingerprint density at radius 1 is 1.43 bits per heavy atom. The van der Waals surface area contributed by atoms with Crippen molar-refractivity contribution in [2.24, 2.45) is 0 Å². The van der Waals surface area contributed by atoms with Gasteiger partial charge in [-0.15, -0.1) is 0 Å². The van der Waals surface area contributed by atoms with E-state index in [-0.39, 0.29) is 18.1 Å². The first-order valence-electron chi connectivity index (χ1n) is 7.14. The number of ether oxygens (including phenoxy) is 1. The smallest absolute Gasteiger partial charge is 0.245 e. The van der Waals surface area contributed by atoms with E-state index in [1.165, 1.54) is 0 Å². The van der Waals surface area contributed by atoms with Crippen LogP contribution in [0.4, 0.5) is 0 Å². The molecule has 0 saturated carbocycles. The number of likely N-dealkylation sites (tertiary alicyclic amines) is 1. The van der Waals surface area contributed by atoms with Crippen molar-refractivity contribution in [2.75, 3.05) is 13.6 Å². The number of hydrogen-bond donors (Lipinski definition) is 1. The number of carbonyl (C=O) groups is 1. The highest BCUT2D eigenvalue weighted by molar-refractivity contribution is 7.71. The first kappa shape index (κ1) is 14.1. The van der Waals surface area contributed by atoms with Crippen molar-refractivity contribution in [3.05, 3.63) is 23.0 Å². The SMILES string of the molecule is CC(C)Oc1cccc2c1[nH]c(=S)n2C1CCN(C)C1=O. The number of rotatable bonds is 3. The number of amides is 1. The first-order valence-corrected chi connectivity index (χ1v) is 7.54. The van der Waals surface area contributed by atoms with Crippen LogP contribution < -0.4 is 4.74 Å². The van der Waals surface area contributed by atoms with Crippen LogP contribution in [0.1, 0.15) is 26.3 Å². The Bertz CT molecular complexity index is 747. The minimum Gasteiger partial charge on any atom is -0.489 e. The van der Waals surface area contributed by atoms with E-state index in [2.05, 4.69) is 4.98 Å². The third-order valence-electron chi connectivity index (χ3n) is 3.79. The zero-order valence-electron chi connectivity index (χ0n) is 12.4. The molecule has 0 aliphatic carbocycles. The lowest BCUT2D eigenvalue weighted by Gasteiger charge is -2.14. The Kier molecular flexibility index (Phi) is 3.49. The van der Waals surface area contributed by atoms with Crippen molar-refractivity contribution in [1.29, 1.82) is 0 Å². The first-order chi connectivity index (χ1) is 9.99. The Morgan fingerprint density at radius 3 is 2.81 bits per heavy atom. The van der Waals surface area contributed by atoms with Gasteiger partial charge in [-0.3, -0.25) is 4.79 Å². The predicted octanol–water partition coefficient (Wildman–Crippen LogP) is 2.89. The molecule has 0 spiro atoms. The monoisotopic (exact) mass is 305 g/mol. The number of aromatic nitrogens is 2. The second-order valence-corrected chi connectivity index (χ2v) is 6.07. The quantitative estimate of drug-likeness (QED) is 0.887. The molecule has 1 fully saturated rings. The normalized spacial score (nSPS) is 19.0. The molecule has 112 valence electrons. The fourth-order valence-electron chi connectivity index (χ4n) is 2.83. The summed E-state index contributed by atoms with van der Waals surface area (Å²) in [6, 6.07) is 5.61. The van der Waals surface area contributed by atoms with E-state index in [4.69, 9.17) is 17.0 Å². The predicted molar refractivity (Wildman–Crippen MR) is 84.2 cm³/mol. The second-order valence-electron chi connectivity index (χ2n) is 5.68. The van der Waals surface area contributed by atoms with E-state index in [9.17, 15) is 4.79 Å². The van der Waals surface area contributed by atoms with Gasteiger partial charge in [0.05, 0.1) is 11.6 Å². The highest BCUT2D eigenvalue weighted by Gasteiger charge is 2.32. The van der Waals surface area contributed by atoms with Gasteiger partial charge in [0.15, 0.2) is 4.77 Å². The van der Waals surface area contributed by atoms with Gasteiger partial charge >= 0.3 is 0 Å². The lowest BCUT2D eigenvalue weighted by atomic mass is 10.2. The van der Waals surface area contributed by atoms with E-state index < -0.39 is 0 Å². The number of imidazole rings is 1. The maximum atomic E-state index is 12.3. The number of nitrogens with zero attached hydrogens (tertiary/aromatic N) is 2. The molecule has 6 heteroatoms. The summed E-state index contributed by atoms with van der Waals surface area (Å²) in [7, 11) is 1.83. The topological polar surface area (TPSA) is 50.3 Å². The maximum Gasteiger partial charge on any atom is 0.245 e. The molecule has 1 amide bonds. The molecule has 0 bridgehead atoms. The number of para-hydroxylation sites is 1. The van der Waals surface area contributed by atoms with Crippen molar-refractivity contribution in [2.45, 2.75) is 32.4 Å². The number of hydrogen-bond acceptors (Lipinski definition) is 3. The molecule has 2 aromatic rings. The maximum absolute atomic E-state index is 12.3. The molecule has 1 aliphatic heterocycles. The van der Waals surface area contributed by atoms with E-state index >= 15 is 0 Å². The van der Waals surface area contributed by atoms with Crippen LogP contribution in [0.3, 0.4) is 0 Å². The fourth-order valence-corrected chi connectivity index (χ4v) is 3.16. The Labute approximate surface area is 128 Å². The molecule has 1 aromatic carbocycles. The number of fused-ring (bicyclic) bond motifs is 1. The Morgan fingerprint density at radius 2 is 2.19 bits per heavy atom. The molecule has 3 rings (SSSR count). The van der Waals surface area contributed by atoms with Crippen LogP contribution in [0.2, 0.25) is 0 Å². The Hall–Kier alpha value is -1.82. The van der Waals surface area contributed by atoms with Gasteiger partial charge in [-0.05, 0) is 44.6 Å². The summed E-state index contributed by atoms with van der Waals surface area (Å²) >= 11 is 5.44.